The van der Waals surface area contributed by atoms with Gasteiger partial charge < -0.3 is 19.8 Å². The van der Waals surface area contributed by atoms with Crippen molar-refractivity contribution in [3.8, 4) is 28.2 Å². The molecule has 37 heavy (non-hydrogen) atoms. The molecule has 1 atom stereocenters. The van der Waals surface area contributed by atoms with Crippen LogP contribution in [-0.2, 0) is 4.79 Å². The average Bonchev–Trinajstić information content (AvgIpc) is 3.45. The molecular formula is C29H28FN3O4. The van der Waals surface area contributed by atoms with Crippen LogP contribution in [0.15, 0.2) is 89.5 Å². The maximum atomic E-state index is 13.5. The SMILES string of the molecule is COc1ccc(-c2ccccc2)cc1C(=O)NC(CCCNC(=O)CF)c1ncc(-c2ccccc2)o1. The number of halogens is 1. The second kappa shape index (κ2) is 12.5. The van der Waals surface area contributed by atoms with Gasteiger partial charge in [-0.3, -0.25) is 9.59 Å². The number of carbonyl (C=O) groups excluding carboxylic acids is 2. The second-order valence-electron chi connectivity index (χ2n) is 8.36. The van der Waals surface area contributed by atoms with Crippen molar-refractivity contribution < 1.29 is 23.1 Å². The number of carbonyl (C=O) groups is 2. The number of rotatable bonds is 11. The van der Waals surface area contributed by atoms with Gasteiger partial charge in [0.25, 0.3) is 11.8 Å². The van der Waals surface area contributed by atoms with Gasteiger partial charge >= 0.3 is 0 Å². The molecule has 0 saturated carbocycles. The zero-order chi connectivity index (χ0) is 26.0. The van der Waals surface area contributed by atoms with E-state index in [1.54, 1.807) is 18.3 Å². The number of ether oxygens (including phenoxy) is 1. The molecule has 2 amide bonds. The Balaban J connectivity index is 1.58. The molecular weight excluding hydrogens is 473 g/mol. The molecule has 190 valence electrons. The Morgan fingerprint density at radius 3 is 2.35 bits per heavy atom. The summed E-state index contributed by atoms with van der Waals surface area (Å²) in [6.07, 6.45) is 2.50. The van der Waals surface area contributed by atoms with Gasteiger partial charge in [0.05, 0.1) is 18.9 Å². The fourth-order valence-corrected chi connectivity index (χ4v) is 3.95. The van der Waals surface area contributed by atoms with Crippen LogP contribution in [0.25, 0.3) is 22.5 Å². The molecule has 4 rings (SSSR count). The van der Waals surface area contributed by atoms with Crippen LogP contribution in [0.4, 0.5) is 4.39 Å². The van der Waals surface area contributed by atoms with Crippen LogP contribution < -0.4 is 15.4 Å². The number of amides is 2. The normalized spacial score (nSPS) is 11.5. The lowest BCUT2D eigenvalue weighted by Gasteiger charge is -2.18. The van der Waals surface area contributed by atoms with E-state index in [2.05, 4.69) is 15.6 Å². The Kier molecular flexibility index (Phi) is 8.65. The van der Waals surface area contributed by atoms with Gasteiger partial charge in [0.15, 0.2) is 12.4 Å². The predicted octanol–water partition coefficient (Wildman–Crippen LogP) is 5.35. The minimum atomic E-state index is -1.07. The first-order chi connectivity index (χ1) is 18.1. The maximum Gasteiger partial charge on any atom is 0.255 e. The van der Waals surface area contributed by atoms with Gasteiger partial charge in [-0.15, -0.1) is 0 Å². The van der Waals surface area contributed by atoms with Crippen molar-refractivity contribution in [2.45, 2.75) is 18.9 Å². The van der Waals surface area contributed by atoms with Crippen LogP contribution in [0.2, 0.25) is 0 Å². The molecule has 0 aliphatic carbocycles. The molecule has 0 radical (unpaired) electrons. The van der Waals surface area contributed by atoms with Crippen LogP contribution in [0.3, 0.4) is 0 Å². The Morgan fingerprint density at radius 2 is 1.68 bits per heavy atom. The van der Waals surface area contributed by atoms with Crippen LogP contribution >= 0.6 is 0 Å². The summed E-state index contributed by atoms with van der Waals surface area (Å²) in [6, 6.07) is 24.1. The number of methoxy groups -OCH3 is 1. The van der Waals surface area contributed by atoms with Crippen LogP contribution in [-0.4, -0.2) is 37.1 Å². The van der Waals surface area contributed by atoms with Gasteiger partial charge in [-0.1, -0.05) is 66.7 Å². The van der Waals surface area contributed by atoms with Crippen LogP contribution in [0, 0.1) is 0 Å². The van der Waals surface area contributed by atoms with E-state index in [1.165, 1.54) is 7.11 Å². The summed E-state index contributed by atoms with van der Waals surface area (Å²) in [7, 11) is 1.51. The van der Waals surface area contributed by atoms with E-state index in [1.807, 2.05) is 66.7 Å². The summed E-state index contributed by atoms with van der Waals surface area (Å²) < 4.78 is 24.0. The number of benzene rings is 3. The zero-order valence-electron chi connectivity index (χ0n) is 20.4. The first-order valence-electron chi connectivity index (χ1n) is 12.0. The van der Waals surface area contributed by atoms with Crippen molar-refractivity contribution in [3.05, 3.63) is 96.5 Å². The van der Waals surface area contributed by atoms with E-state index in [0.717, 1.165) is 16.7 Å². The molecule has 7 nitrogen and oxygen atoms in total. The number of hydrogen-bond donors (Lipinski definition) is 2. The molecule has 8 heteroatoms. The molecule has 1 unspecified atom stereocenters. The van der Waals surface area contributed by atoms with E-state index < -0.39 is 18.6 Å². The predicted molar refractivity (Wildman–Crippen MR) is 139 cm³/mol. The van der Waals surface area contributed by atoms with Gasteiger partial charge in [0.1, 0.15) is 11.8 Å². The first-order valence-corrected chi connectivity index (χ1v) is 12.0. The number of hydrogen-bond acceptors (Lipinski definition) is 5. The number of alkyl halides is 1. The van der Waals surface area contributed by atoms with Gasteiger partial charge in [0, 0.05) is 12.1 Å². The number of nitrogens with zero attached hydrogens (tertiary/aromatic N) is 1. The Bertz CT molecular complexity index is 1330. The van der Waals surface area contributed by atoms with Crippen molar-refractivity contribution >= 4 is 11.8 Å². The minimum absolute atomic E-state index is 0.258. The standard InChI is InChI=1S/C29H28FN3O4/c1-36-25-15-14-22(20-9-4-2-5-10-20)17-23(25)28(35)33-24(13-8-16-31-27(34)18-30)29-32-19-26(37-29)21-11-6-3-7-12-21/h2-7,9-12,14-15,17,19,24H,8,13,16,18H2,1H3,(H,31,34)(H,33,35). The van der Waals surface area contributed by atoms with Gasteiger partial charge in [-0.05, 0) is 36.1 Å². The second-order valence-corrected chi connectivity index (χ2v) is 8.36. The highest BCUT2D eigenvalue weighted by atomic mass is 19.1. The van der Waals surface area contributed by atoms with Crippen molar-refractivity contribution in [3.63, 3.8) is 0 Å². The molecule has 1 heterocycles. The fraction of sp³-hybridized carbons (Fsp3) is 0.207. The zero-order valence-corrected chi connectivity index (χ0v) is 20.4. The lowest BCUT2D eigenvalue weighted by atomic mass is 10.0. The Hall–Kier alpha value is -4.46. The first kappa shape index (κ1) is 25.6. The monoisotopic (exact) mass is 501 g/mol. The number of nitrogens with one attached hydrogen (secondary N) is 2. The molecule has 0 aliphatic heterocycles. The lowest BCUT2D eigenvalue weighted by Crippen LogP contribution is -2.31. The average molecular weight is 502 g/mol. The van der Waals surface area contributed by atoms with E-state index in [0.29, 0.717) is 35.8 Å². The molecule has 0 bridgehead atoms. The minimum Gasteiger partial charge on any atom is -0.496 e. The molecule has 0 spiro atoms. The van der Waals surface area contributed by atoms with Crippen molar-refractivity contribution in [1.82, 2.24) is 15.6 Å². The molecule has 4 aromatic rings. The summed E-state index contributed by atoms with van der Waals surface area (Å²) in [4.78, 5) is 29.2. The molecule has 0 fully saturated rings. The number of aromatic nitrogens is 1. The van der Waals surface area contributed by atoms with Crippen LogP contribution in [0.5, 0.6) is 5.75 Å². The maximum absolute atomic E-state index is 13.5. The van der Waals surface area contributed by atoms with Gasteiger partial charge in [-0.2, -0.15) is 0 Å². The summed E-state index contributed by atoms with van der Waals surface area (Å²) in [5.74, 6) is 0.312. The van der Waals surface area contributed by atoms with E-state index in [-0.39, 0.29) is 12.5 Å². The Morgan fingerprint density at radius 1 is 0.973 bits per heavy atom. The third-order valence-electron chi connectivity index (χ3n) is 5.85. The molecule has 2 N–H and O–H groups in total. The highest BCUT2D eigenvalue weighted by Crippen LogP contribution is 2.29. The summed E-state index contributed by atoms with van der Waals surface area (Å²) >= 11 is 0. The summed E-state index contributed by atoms with van der Waals surface area (Å²) in [6.45, 7) is -0.813. The Labute approximate surface area is 214 Å². The molecule has 0 aliphatic rings. The van der Waals surface area contributed by atoms with Crippen LogP contribution in [0.1, 0.15) is 35.1 Å². The highest BCUT2D eigenvalue weighted by Gasteiger charge is 2.23. The van der Waals surface area contributed by atoms with Gasteiger partial charge in [-0.25, -0.2) is 9.37 Å². The van der Waals surface area contributed by atoms with Gasteiger partial charge in [0.2, 0.25) is 5.89 Å². The summed E-state index contributed by atoms with van der Waals surface area (Å²) in [5, 5.41) is 5.51. The smallest absolute Gasteiger partial charge is 0.255 e. The number of oxazole rings is 1. The van der Waals surface area contributed by atoms with Crippen molar-refractivity contribution in [2.75, 3.05) is 20.3 Å². The lowest BCUT2D eigenvalue weighted by molar-refractivity contribution is -0.121. The van der Waals surface area contributed by atoms with Crippen molar-refractivity contribution in [2.24, 2.45) is 0 Å². The van der Waals surface area contributed by atoms with E-state index in [9.17, 15) is 14.0 Å². The molecule has 0 saturated heterocycles. The third kappa shape index (κ3) is 6.61. The van der Waals surface area contributed by atoms with E-state index in [4.69, 9.17) is 9.15 Å². The molecule has 1 aromatic heterocycles. The van der Waals surface area contributed by atoms with E-state index >= 15 is 0 Å². The molecule has 3 aromatic carbocycles. The fourth-order valence-electron chi connectivity index (χ4n) is 3.95. The topological polar surface area (TPSA) is 93.5 Å². The highest BCUT2D eigenvalue weighted by molar-refractivity contribution is 5.98. The summed E-state index contributed by atoms with van der Waals surface area (Å²) in [5.41, 5.74) is 3.08. The third-order valence-corrected chi connectivity index (χ3v) is 5.85. The largest absolute Gasteiger partial charge is 0.496 e. The van der Waals surface area contributed by atoms with Crippen molar-refractivity contribution in [1.29, 1.82) is 0 Å². The quantitative estimate of drug-likeness (QED) is 0.270.